The lowest BCUT2D eigenvalue weighted by Gasteiger charge is -2.35. The fraction of sp³-hybridized carbons (Fsp3) is 0.562. The van der Waals surface area contributed by atoms with Gasteiger partial charge in [-0.3, -0.25) is 0 Å². The number of nitrogens with one attached hydrogen (secondary N) is 1. The Morgan fingerprint density at radius 1 is 1.24 bits per heavy atom. The van der Waals surface area contributed by atoms with Crippen molar-refractivity contribution >= 4 is 17.3 Å². The first-order valence-electron chi connectivity index (χ1n) is 7.64. The highest BCUT2D eigenvalue weighted by atomic mass is 32.1. The average Bonchev–Trinajstić information content (AvgIpc) is 3.07. The monoisotopic (exact) mass is 306 g/mol. The summed E-state index contributed by atoms with van der Waals surface area (Å²) in [6.45, 7) is 4.06. The molecule has 2 aliphatic heterocycles. The van der Waals surface area contributed by atoms with E-state index >= 15 is 0 Å². The summed E-state index contributed by atoms with van der Waals surface area (Å²) in [6.07, 6.45) is 2.70. The molecule has 2 atom stereocenters. The molecule has 1 N–H and O–H groups in total. The first-order valence-corrected chi connectivity index (χ1v) is 8.04. The van der Waals surface area contributed by atoms with Crippen molar-refractivity contribution in [2.45, 2.75) is 25.0 Å². The third kappa shape index (κ3) is 3.93. The second kappa shape index (κ2) is 7.20. The number of hydrogen-bond acceptors (Lipinski definition) is 3. The van der Waals surface area contributed by atoms with Crippen LogP contribution in [0.15, 0.2) is 30.3 Å². The third-order valence-corrected chi connectivity index (χ3v) is 4.43. The van der Waals surface area contributed by atoms with Crippen LogP contribution in [0, 0.1) is 0 Å². The minimum atomic E-state index is 0.0995. The number of benzene rings is 1. The van der Waals surface area contributed by atoms with Gasteiger partial charge in [0.05, 0.1) is 19.3 Å². The molecule has 0 saturated carbocycles. The van der Waals surface area contributed by atoms with E-state index in [1.807, 2.05) is 18.2 Å². The molecule has 21 heavy (non-hydrogen) atoms. The minimum Gasteiger partial charge on any atom is -0.376 e. The summed E-state index contributed by atoms with van der Waals surface area (Å²) in [7, 11) is 0. The van der Waals surface area contributed by atoms with Gasteiger partial charge in [-0.25, -0.2) is 0 Å². The van der Waals surface area contributed by atoms with Crippen LogP contribution in [0.1, 0.15) is 24.5 Å². The quantitative estimate of drug-likeness (QED) is 0.865. The lowest BCUT2D eigenvalue weighted by atomic mass is 10.1. The van der Waals surface area contributed by atoms with Crippen LogP contribution in [0.25, 0.3) is 0 Å². The van der Waals surface area contributed by atoms with E-state index in [-0.39, 0.29) is 6.10 Å². The number of thiocarbonyl (C=S) groups is 1. The Bertz CT molecular complexity index is 463. The molecule has 0 radical (unpaired) electrons. The molecule has 0 spiro atoms. The van der Waals surface area contributed by atoms with E-state index in [1.165, 1.54) is 5.56 Å². The van der Waals surface area contributed by atoms with Crippen molar-refractivity contribution in [3.8, 4) is 0 Å². The summed E-state index contributed by atoms with van der Waals surface area (Å²) in [5, 5.41) is 4.16. The molecule has 5 heteroatoms. The zero-order valence-electron chi connectivity index (χ0n) is 12.2. The molecule has 3 rings (SSSR count). The Morgan fingerprint density at radius 2 is 2.10 bits per heavy atom. The summed E-state index contributed by atoms with van der Waals surface area (Å²) >= 11 is 5.52. The highest BCUT2D eigenvalue weighted by Crippen LogP contribution is 2.22. The smallest absolute Gasteiger partial charge is 0.169 e. The van der Waals surface area contributed by atoms with Crippen LogP contribution in [0.4, 0.5) is 0 Å². The van der Waals surface area contributed by atoms with Crippen molar-refractivity contribution in [2.24, 2.45) is 0 Å². The predicted octanol–water partition coefficient (Wildman–Crippen LogP) is 2.11. The molecule has 0 amide bonds. The van der Waals surface area contributed by atoms with Gasteiger partial charge in [-0.1, -0.05) is 30.3 Å². The zero-order chi connectivity index (χ0) is 14.5. The summed E-state index contributed by atoms with van der Waals surface area (Å²) < 4.78 is 11.5. The van der Waals surface area contributed by atoms with Crippen molar-refractivity contribution in [1.29, 1.82) is 0 Å². The Labute approximate surface area is 131 Å². The van der Waals surface area contributed by atoms with Crippen molar-refractivity contribution in [2.75, 3.05) is 32.8 Å². The van der Waals surface area contributed by atoms with Crippen molar-refractivity contribution < 1.29 is 9.47 Å². The SMILES string of the molecule is S=C(NC[C@H]1CCCO1)N1CCO[C@H](c2ccccc2)C1. The van der Waals surface area contributed by atoms with Gasteiger partial charge in [0.1, 0.15) is 6.10 Å². The molecule has 1 aromatic carbocycles. The van der Waals surface area contributed by atoms with E-state index in [1.54, 1.807) is 0 Å². The highest BCUT2D eigenvalue weighted by Gasteiger charge is 2.24. The standard InChI is InChI=1S/C16H22N2O2S/c21-16(17-11-14-7-4-9-19-14)18-8-10-20-15(12-18)13-5-2-1-3-6-13/h1-3,5-6,14-15H,4,7-12H2,(H,17,21)/t14-,15+/m1/s1. The fourth-order valence-electron chi connectivity index (χ4n) is 2.82. The molecule has 2 fully saturated rings. The topological polar surface area (TPSA) is 33.7 Å². The van der Waals surface area contributed by atoms with E-state index < -0.39 is 0 Å². The number of nitrogens with zero attached hydrogens (tertiary/aromatic N) is 1. The minimum absolute atomic E-state index is 0.0995. The van der Waals surface area contributed by atoms with Gasteiger partial charge in [0.2, 0.25) is 0 Å². The molecule has 1 aromatic rings. The van der Waals surface area contributed by atoms with E-state index in [0.29, 0.717) is 12.7 Å². The summed E-state index contributed by atoms with van der Waals surface area (Å²) in [5.41, 5.74) is 1.21. The molecule has 0 bridgehead atoms. The first-order chi connectivity index (χ1) is 10.3. The Balaban J connectivity index is 1.51. The largest absolute Gasteiger partial charge is 0.376 e. The van der Waals surface area contributed by atoms with Crippen LogP contribution < -0.4 is 5.32 Å². The van der Waals surface area contributed by atoms with Gasteiger partial charge < -0.3 is 19.7 Å². The predicted molar refractivity (Wildman–Crippen MR) is 86.3 cm³/mol. The number of rotatable bonds is 3. The van der Waals surface area contributed by atoms with Gasteiger partial charge in [0.15, 0.2) is 5.11 Å². The molecular weight excluding hydrogens is 284 g/mol. The Hall–Kier alpha value is -1.17. The first kappa shape index (κ1) is 14.8. The maximum absolute atomic E-state index is 5.87. The average molecular weight is 306 g/mol. The highest BCUT2D eigenvalue weighted by molar-refractivity contribution is 7.80. The fourth-order valence-corrected chi connectivity index (χ4v) is 3.07. The van der Waals surface area contributed by atoms with Gasteiger partial charge >= 0.3 is 0 Å². The van der Waals surface area contributed by atoms with Gasteiger partial charge in [-0.2, -0.15) is 0 Å². The Morgan fingerprint density at radius 3 is 2.86 bits per heavy atom. The van der Waals surface area contributed by atoms with Crippen molar-refractivity contribution in [3.63, 3.8) is 0 Å². The van der Waals surface area contributed by atoms with Crippen LogP contribution >= 0.6 is 12.2 Å². The van der Waals surface area contributed by atoms with Gasteiger partial charge in [0, 0.05) is 19.7 Å². The summed E-state index contributed by atoms with van der Waals surface area (Å²) in [4.78, 5) is 2.20. The molecule has 4 nitrogen and oxygen atoms in total. The Kier molecular flexibility index (Phi) is 5.06. The van der Waals surface area contributed by atoms with Crippen LogP contribution in [-0.4, -0.2) is 49.0 Å². The molecule has 0 aromatic heterocycles. The van der Waals surface area contributed by atoms with Crippen molar-refractivity contribution in [1.82, 2.24) is 10.2 Å². The maximum Gasteiger partial charge on any atom is 0.169 e. The second-order valence-corrected chi connectivity index (χ2v) is 5.92. The molecule has 0 unspecified atom stereocenters. The molecule has 2 saturated heterocycles. The lowest BCUT2D eigenvalue weighted by Crippen LogP contribution is -2.48. The molecule has 114 valence electrons. The molecule has 2 aliphatic rings. The second-order valence-electron chi connectivity index (χ2n) is 5.54. The molecule has 2 heterocycles. The van der Waals surface area contributed by atoms with Gasteiger partial charge in [-0.05, 0) is 30.6 Å². The van der Waals surface area contributed by atoms with Gasteiger partial charge in [-0.15, -0.1) is 0 Å². The van der Waals surface area contributed by atoms with E-state index in [4.69, 9.17) is 21.7 Å². The van der Waals surface area contributed by atoms with Crippen LogP contribution in [0.5, 0.6) is 0 Å². The van der Waals surface area contributed by atoms with Crippen molar-refractivity contribution in [3.05, 3.63) is 35.9 Å². The van der Waals surface area contributed by atoms with E-state index in [0.717, 1.165) is 44.2 Å². The van der Waals surface area contributed by atoms with Crippen LogP contribution in [0.2, 0.25) is 0 Å². The number of hydrogen-bond donors (Lipinski definition) is 1. The lowest BCUT2D eigenvalue weighted by molar-refractivity contribution is -0.00732. The maximum atomic E-state index is 5.87. The molecule has 0 aliphatic carbocycles. The van der Waals surface area contributed by atoms with E-state index in [9.17, 15) is 0 Å². The number of ether oxygens (including phenoxy) is 2. The summed E-state index contributed by atoms with van der Waals surface area (Å²) in [6, 6.07) is 10.3. The van der Waals surface area contributed by atoms with Gasteiger partial charge in [0.25, 0.3) is 0 Å². The van der Waals surface area contributed by atoms with E-state index in [2.05, 4.69) is 22.3 Å². The number of morpholine rings is 1. The summed E-state index contributed by atoms with van der Waals surface area (Å²) in [5.74, 6) is 0. The zero-order valence-corrected chi connectivity index (χ0v) is 13.0. The molecular formula is C16H22N2O2S. The van der Waals surface area contributed by atoms with Crippen LogP contribution in [-0.2, 0) is 9.47 Å². The van der Waals surface area contributed by atoms with Crippen LogP contribution in [0.3, 0.4) is 0 Å². The normalized spacial score (nSPS) is 25.8. The third-order valence-electron chi connectivity index (χ3n) is 4.03.